The van der Waals surface area contributed by atoms with Gasteiger partial charge in [-0.25, -0.2) is 4.79 Å². The third kappa shape index (κ3) is 7.31. The van der Waals surface area contributed by atoms with Crippen LogP contribution in [-0.4, -0.2) is 31.6 Å². The second-order valence-corrected chi connectivity index (χ2v) is 5.35. The van der Waals surface area contributed by atoms with Gasteiger partial charge >= 0.3 is 5.97 Å². The monoisotopic (exact) mass is 329 g/mol. The van der Waals surface area contributed by atoms with Gasteiger partial charge in [-0.05, 0) is 37.6 Å². The molecule has 1 unspecified atom stereocenters. The third-order valence-electron chi connectivity index (χ3n) is 2.89. The fourth-order valence-corrected chi connectivity index (χ4v) is 2.03. The second kappa shape index (κ2) is 10.1. The molecular formula is C16H24ClNO4. The fourth-order valence-electron chi connectivity index (χ4n) is 1.90. The molecule has 0 aromatic heterocycles. The first kappa shape index (κ1) is 20.2. The summed E-state index contributed by atoms with van der Waals surface area (Å²) in [5.41, 5.74) is -0.880. The minimum atomic E-state index is -0.880. The highest BCUT2D eigenvalue weighted by Crippen LogP contribution is 2.14. The molecule has 0 bridgehead atoms. The molecular weight excluding hydrogens is 306 g/mol. The SMILES string of the molecule is CCCC(C)(NC(C)=O)C(=O)OC.COc1ccc(Cl)cc1. The molecule has 1 rings (SSSR count). The quantitative estimate of drug-likeness (QED) is 0.842. The van der Waals surface area contributed by atoms with Crippen LogP contribution in [0.15, 0.2) is 24.3 Å². The fraction of sp³-hybridized carbons (Fsp3) is 0.500. The summed E-state index contributed by atoms with van der Waals surface area (Å²) in [4.78, 5) is 22.2. The number of hydrogen-bond acceptors (Lipinski definition) is 4. The summed E-state index contributed by atoms with van der Waals surface area (Å²) in [6.07, 6.45) is 1.39. The third-order valence-corrected chi connectivity index (χ3v) is 3.14. The Kier molecular flexibility index (Phi) is 9.26. The van der Waals surface area contributed by atoms with E-state index in [1.165, 1.54) is 14.0 Å². The van der Waals surface area contributed by atoms with Crippen LogP contribution in [0.4, 0.5) is 0 Å². The van der Waals surface area contributed by atoms with Crippen molar-refractivity contribution >= 4 is 23.5 Å². The summed E-state index contributed by atoms with van der Waals surface area (Å²) in [5, 5.41) is 3.33. The zero-order valence-corrected chi connectivity index (χ0v) is 14.5. The standard InChI is InChI=1S/C9H17NO3.C7H7ClO/c1-5-6-9(3,8(12)13-4)10-7(2)11;1-9-7-4-2-6(8)3-5-7/h5-6H2,1-4H3,(H,10,11);2-5H,1H3. The highest BCUT2D eigenvalue weighted by Gasteiger charge is 2.33. The molecule has 1 N–H and O–H groups in total. The Morgan fingerprint density at radius 2 is 1.77 bits per heavy atom. The van der Waals surface area contributed by atoms with Crippen molar-refractivity contribution in [2.24, 2.45) is 0 Å². The van der Waals surface area contributed by atoms with Gasteiger partial charge < -0.3 is 14.8 Å². The van der Waals surface area contributed by atoms with Gasteiger partial charge in [-0.3, -0.25) is 4.79 Å². The molecule has 0 aliphatic rings. The van der Waals surface area contributed by atoms with E-state index >= 15 is 0 Å². The van der Waals surface area contributed by atoms with Crippen LogP contribution in [0.5, 0.6) is 5.75 Å². The Morgan fingerprint density at radius 1 is 1.23 bits per heavy atom. The Morgan fingerprint density at radius 3 is 2.14 bits per heavy atom. The molecule has 0 aliphatic heterocycles. The lowest BCUT2D eigenvalue weighted by atomic mass is 9.96. The highest BCUT2D eigenvalue weighted by molar-refractivity contribution is 6.30. The molecule has 6 heteroatoms. The van der Waals surface area contributed by atoms with Crippen molar-refractivity contribution in [3.8, 4) is 5.75 Å². The van der Waals surface area contributed by atoms with E-state index in [1.54, 1.807) is 26.2 Å². The van der Waals surface area contributed by atoms with Gasteiger partial charge in [0, 0.05) is 11.9 Å². The highest BCUT2D eigenvalue weighted by atomic mass is 35.5. The largest absolute Gasteiger partial charge is 0.497 e. The van der Waals surface area contributed by atoms with Gasteiger partial charge in [-0.15, -0.1) is 0 Å². The summed E-state index contributed by atoms with van der Waals surface area (Å²) in [7, 11) is 2.95. The van der Waals surface area contributed by atoms with E-state index in [9.17, 15) is 9.59 Å². The molecule has 0 radical (unpaired) electrons. The van der Waals surface area contributed by atoms with Crippen molar-refractivity contribution in [1.29, 1.82) is 0 Å². The van der Waals surface area contributed by atoms with E-state index in [0.29, 0.717) is 6.42 Å². The normalized spacial score (nSPS) is 12.3. The van der Waals surface area contributed by atoms with E-state index in [0.717, 1.165) is 17.2 Å². The number of amides is 1. The van der Waals surface area contributed by atoms with Crippen LogP contribution < -0.4 is 10.1 Å². The summed E-state index contributed by atoms with van der Waals surface area (Å²) in [6.45, 7) is 5.00. The average molecular weight is 330 g/mol. The number of nitrogens with one attached hydrogen (secondary N) is 1. The van der Waals surface area contributed by atoms with E-state index < -0.39 is 11.5 Å². The maximum absolute atomic E-state index is 11.3. The van der Waals surface area contributed by atoms with E-state index in [4.69, 9.17) is 16.3 Å². The van der Waals surface area contributed by atoms with Crippen LogP contribution in [0.25, 0.3) is 0 Å². The van der Waals surface area contributed by atoms with Crippen molar-refractivity contribution in [1.82, 2.24) is 5.32 Å². The molecule has 1 aromatic carbocycles. The molecule has 0 saturated heterocycles. The van der Waals surface area contributed by atoms with Crippen LogP contribution >= 0.6 is 11.6 Å². The van der Waals surface area contributed by atoms with Gasteiger partial charge in [-0.2, -0.15) is 0 Å². The predicted molar refractivity (Wildman–Crippen MR) is 87.1 cm³/mol. The van der Waals surface area contributed by atoms with Gasteiger partial charge in [-0.1, -0.05) is 24.9 Å². The first-order valence-electron chi connectivity index (χ1n) is 6.95. The van der Waals surface area contributed by atoms with Crippen molar-refractivity contribution in [3.63, 3.8) is 0 Å². The molecule has 1 aromatic rings. The Hall–Kier alpha value is -1.75. The van der Waals surface area contributed by atoms with Crippen molar-refractivity contribution in [2.45, 2.75) is 39.2 Å². The molecule has 0 aliphatic carbocycles. The Labute approximate surface area is 136 Å². The minimum Gasteiger partial charge on any atom is -0.497 e. The van der Waals surface area contributed by atoms with Crippen LogP contribution in [0.2, 0.25) is 5.02 Å². The summed E-state index contributed by atoms with van der Waals surface area (Å²) in [6, 6.07) is 7.23. The smallest absolute Gasteiger partial charge is 0.331 e. The van der Waals surface area contributed by atoms with E-state index in [1.807, 2.05) is 19.1 Å². The lowest BCUT2D eigenvalue weighted by Gasteiger charge is -2.26. The maximum atomic E-state index is 11.3. The van der Waals surface area contributed by atoms with Gasteiger partial charge in [0.05, 0.1) is 14.2 Å². The lowest BCUT2D eigenvalue weighted by Crippen LogP contribution is -2.52. The lowest BCUT2D eigenvalue weighted by molar-refractivity contribution is -0.150. The van der Waals surface area contributed by atoms with Crippen molar-refractivity contribution in [2.75, 3.05) is 14.2 Å². The first-order chi connectivity index (χ1) is 10.3. The molecule has 0 heterocycles. The zero-order valence-electron chi connectivity index (χ0n) is 13.7. The number of halogens is 1. The number of ether oxygens (including phenoxy) is 2. The number of hydrogen-bond donors (Lipinski definition) is 1. The number of benzene rings is 1. The first-order valence-corrected chi connectivity index (χ1v) is 7.33. The van der Waals surface area contributed by atoms with Gasteiger partial charge in [0.2, 0.25) is 5.91 Å². The second-order valence-electron chi connectivity index (χ2n) is 4.91. The molecule has 5 nitrogen and oxygen atoms in total. The molecule has 1 amide bonds. The molecule has 124 valence electrons. The molecule has 0 fully saturated rings. The van der Waals surface area contributed by atoms with E-state index in [-0.39, 0.29) is 5.91 Å². The number of carbonyl (C=O) groups is 2. The van der Waals surface area contributed by atoms with Gasteiger partial charge in [0.25, 0.3) is 0 Å². The molecule has 0 spiro atoms. The Bertz CT molecular complexity index is 476. The molecule has 22 heavy (non-hydrogen) atoms. The van der Waals surface area contributed by atoms with Crippen molar-refractivity contribution in [3.05, 3.63) is 29.3 Å². The van der Waals surface area contributed by atoms with Gasteiger partial charge in [0.15, 0.2) is 0 Å². The van der Waals surface area contributed by atoms with Crippen LogP contribution in [0, 0.1) is 0 Å². The summed E-state index contributed by atoms with van der Waals surface area (Å²) in [5.74, 6) is 0.213. The summed E-state index contributed by atoms with van der Waals surface area (Å²) < 4.78 is 9.53. The predicted octanol–water partition coefficient (Wildman–Crippen LogP) is 3.20. The van der Waals surface area contributed by atoms with Crippen LogP contribution in [0.3, 0.4) is 0 Å². The molecule has 1 atom stereocenters. The molecule has 0 saturated carbocycles. The minimum absolute atomic E-state index is 0.221. The number of carbonyl (C=O) groups excluding carboxylic acids is 2. The van der Waals surface area contributed by atoms with Crippen LogP contribution in [0.1, 0.15) is 33.6 Å². The Balaban J connectivity index is 0.000000425. The van der Waals surface area contributed by atoms with Crippen molar-refractivity contribution < 1.29 is 19.1 Å². The van der Waals surface area contributed by atoms with Crippen LogP contribution in [-0.2, 0) is 14.3 Å². The number of esters is 1. The van der Waals surface area contributed by atoms with Gasteiger partial charge in [0.1, 0.15) is 11.3 Å². The zero-order chi connectivity index (χ0) is 17.2. The topological polar surface area (TPSA) is 64.6 Å². The maximum Gasteiger partial charge on any atom is 0.331 e. The average Bonchev–Trinajstić information content (AvgIpc) is 2.47. The summed E-state index contributed by atoms with van der Waals surface area (Å²) >= 11 is 5.61. The number of rotatable bonds is 5. The number of methoxy groups -OCH3 is 2. The van der Waals surface area contributed by atoms with E-state index in [2.05, 4.69) is 10.1 Å².